The SMILES string of the molecule is COc1ccc([C@@]2(C)NC(=O)N(C[C@H](O)COCc3cccs3)C2=O)cc1. The van der Waals surface area contributed by atoms with Gasteiger partial charge in [0, 0.05) is 4.88 Å². The van der Waals surface area contributed by atoms with Gasteiger partial charge in [0.25, 0.3) is 5.91 Å². The van der Waals surface area contributed by atoms with Crippen molar-refractivity contribution < 1.29 is 24.2 Å². The zero-order valence-electron chi connectivity index (χ0n) is 15.2. The van der Waals surface area contributed by atoms with Crippen LogP contribution in [0.25, 0.3) is 0 Å². The number of urea groups is 1. The number of rotatable bonds is 8. The number of aliphatic hydroxyl groups excluding tert-OH is 1. The maximum atomic E-state index is 12.8. The molecule has 2 N–H and O–H groups in total. The van der Waals surface area contributed by atoms with Crippen LogP contribution in [0.1, 0.15) is 17.4 Å². The third-order valence-electron chi connectivity index (χ3n) is 4.47. The number of thiophene rings is 1. The summed E-state index contributed by atoms with van der Waals surface area (Å²) in [4.78, 5) is 27.2. The van der Waals surface area contributed by atoms with E-state index in [-0.39, 0.29) is 13.2 Å². The van der Waals surface area contributed by atoms with Crippen LogP contribution in [-0.4, -0.2) is 48.3 Å². The Bertz CT molecular complexity index is 793. The van der Waals surface area contributed by atoms with Crippen molar-refractivity contribution in [1.82, 2.24) is 10.2 Å². The van der Waals surface area contributed by atoms with Gasteiger partial charge in [-0.25, -0.2) is 4.79 Å². The minimum absolute atomic E-state index is 0.0359. The lowest BCUT2D eigenvalue weighted by Crippen LogP contribution is -2.42. The zero-order valence-corrected chi connectivity index (χ0v) is 16.0. The number of benzene rings is 1. The van der Waals surface area contributed by atoms with E-state index >= 15 is 0 Å². The smallest absolute Gasteiger partial charge is 0.325 e. The van der Waals surface area contributed by atoms with Crippen molar-refractivity contribution >= 4 is 23.3 Å². The molecule has 0 saturated carbocycles. The Morgan fingerprint density at radius 3 is 2.63 bits per heavy atom. The summed E-state index contributed by atoms with van der Waals surface area (Å²) in [5.41, 5.74) is -0.534. The third-order valence-corrected chi connectivity index (χ3v) is 5.32. The van der Waals surface area contributed by atoms with Crippen LogP contribution in [0.5, 0.6) is 5.75 Å². The van der Waals surface area contributed by atoms with Gasteiger partial charge in [-0.15, -0.1) is 11.3 Å². The first kappa shape index (κ1) is 19.3. The summed E-state index contributed by atoms with van der Waals surface area (Å²) in [6.07, 6.45) is -0.960. The molecular weight excluding hydrogens is 368 g/mol. The van der Waals surface area contributed by atoms with Crippen molar-refractivity contribution in [3.05, 3.63) is 52.2 Å². The van der Waals surface area contributed by atoms with E-state index < -0.39 is 23.6 Å². The molecule has 1 aliphatic heterocycles. The van der Waals surface area contributed by atoms with Gasteiger partial charge in [-0.05, 0) is 36.1 Å². The predicted octanol–water partition coefficient (Wildman–Crippen LogP) is 2.10. The van der Waals surface area contributed by atoms with Crippen molar-refractivity contribution in [3.63, 3.8) is 0 Å². The van der Waals surface area contributed by atoms with E-state index in [9.17, 15) is 14.7 Å². The van der Waals surface area contributed by atoms with Gasteiger partial charge in [-0.3, -0.25) is 9.69 Å². The molecule has 1 aromatic heterocycles. The Kier molecular flexibility index (Phi) is 5.79. The van der Waals surface area contributed by atoms with E-state index in [1.165, 1.54) is 0 Å². The largest absolute Gasteiger partial charge is 0.497 e. The van der Waals surface area contributed by atoms with Crippen LogP contribution in [0.15, 0.2) is 41.8 Å². The molecule has 0 bridgehead atoms. The van der Waals surface area contributed by atoms with Crippen LogP contribution in [-0.2, 0) is 21.7 Å². The Morgan fingerprint density at radius 2 is 2.00 bits per heavy atom. The van der Waals surface area contributed by atoms with Crippen LogP contribution in [0, 0.1) is 0 Å². The molecule has 144 valence electrons. The minimum Gasteiger partial charge on any atom is -0.497 e. The van der Waals surface area contributed by atoms with Gasteiger partial charge in [0.2, 0.25) is 0 Å². The number of nitrogens with zero attached hydrogens (tertiary/aromatic N) is 1. The number of hydrogen-bond donors (Lipinski definition) is 2. The first-order valence-electron chi connectivity index (χ1n) is 8.51. The monoisotopic (exact) mass is 390 g/mol. The van der Waals surface area contributed by atoms with E-state index in [2.05, 4.69) is 5.32 Å². The van der Waals surface area contributed by atoms with E-state index in [4.69, 9.17) is 9.47 Å². The summed E-state index contributed by atoms with van der Waals surface area (Å²) >= 11 is 1.56. The second-order valence-corrected chi connectivity index (χ2v) is 7.48. The maximum Gasteiger partial charge on any atom is 0.325 e. The van der Waals surface area contributed by atoms with Crippen LogP contribution in [0.4, 0.5) is 4.79 Å². The van der Waals surface area contributed by atoms with Gasteiger partial charge in [-0.2, -0.15) is 0 Å². The number of amides is 3. The van der Waals surface area contributed by atoms with E-state index in [0.717, 1.165) is 9.78 Å². The van der Waals surface area contributed by atoms with Crippen molar-refractivity contribution in [1.29, 1.82) is 0 Å². The lowest BCUT2D eigenvalue weighted by molar-refractivity contribution is -0.132. The molecule has 27 heavy (non-hydrogen) atoms. The fourth-order valence-corrected chi connectivity index (χ4v) is 3.58. The molecule has 2 atom stereocenters. The number of aliphatic hydroxyl groups is 1. The molecule has 3 amide bonds. The van der Waals surface area contributed by atoms with Crippen molar-refractivity contribution in [3.8, 4) is 5.75 Å². The first-order valence-corrected chi connectivity index (χ1v) is 9.39. The standard InChI is InChI=1S/C19H22N2O5S/c1-19(13-5-7-15(25-2)8-6-13)17(23)21(18(24)20-19)10-14(22)11-26-12-16-4-3-9-27-16/h3-9,14,22H,10-12H2,1-2H3,(H,20,24)/t14-,19+/m0/s1. The lowest BCUT2D eigenvalue weighted by atomic mass is 9.92. The van der Waals surface area contributed by atoms with Crippen molar-refractivity contribution in [2.24, 2.45) is 0 Å². The molecule has 0 spiro atoms. The van der Waals surface area contributed by atoms with Gasteiger partial charge in [0.05, 0.1) is 33.0 Å². The topological polar surface area (TPSA) is 88.1 Å². The normalized spacial score (nSPS) is 20.6. The Balaban J connectivity index is 1.60. The number of hydrogen-bond acceptors (Lipinski definition) is 6. The second kappa shape index (κ2) is 8.08. The Labute approximate surface area is 161 Å². The molecule has 0 radical (unpaired) electrons. The van der Waals surface area contributed by atoms with Gasteiger partial charge in [0.15, 0.2) is 0 Å². The molecular formula is C19H22N2O5S. The summed E-state index contributed by atoms with van der Waals surface area (Å²) in [6, 6.07) is 10.3. The van der Waals surface area contributed by atoms with Gasteiger partial charge < -0.3 is 19.9 Å². The number of ether oxygens (including phenoxy) is 2. The fraction of sp³-hybridized carbons (Fsp3) is 0.368. The summed E-state index contributed by atoms with van der Waals surface area (Å²) in [7, 11) is 1.56. The lowest BCUT2D eigenvalue weighted by Gasteiger charge is -2.23. The highest BCUT2D eigenvalue weighted by atomic mass is 32.1. The van der Waals surface area contributed by atoms with E-state index in [0.29, 0.717) is 17.9 Å². The van der Waals surface area contributed by atoms with Gasteiger partial charge in [0.1, 0.15) is 11.3 Å². The van der Waals surface area contributed by atoms with Gasteiger partial charge in [-0.1, -0.05) is 18.2 Å². The summed E-state index contributed by atoms with van der Waals surface area (Å²) in [6.45, 7) is 1.95. The number of carbonyl (C=O) groups is 2. The molecule has 1 saturated heterocycles. The van der Waals surface area contributed by atoms with Crippen molar-refractivity contribution in [2.45, 2.75) is 25.2 Å². The number of nitrogens with one attached hydrogen (secondary N) is 1. The number of methoxy groups -OCH3 is 1. The van der Waals surface area contributed by atoms with Crippen LogP contribution in [0.3, 0.4) is 0 Å². The highest BCUT2D eigenvalue weighted by molar-refractivity contribution is 7.09. The van der Waals surface area contributed by atoms with Crippen LogP contribution in [0.2, 0.25) is 0 Å². The van der Waals surface area contributed by atoms with E-state index in [1.807, 2.05) is 17.5 Å². The maximum absolute atomic E-state index is 12.8. The molecule has 2 heterocycles. The molecule has 3 rings (SSSR count). The van der Waals surface area contributed by atoms with Crippen molar-refractivity contribution in [2.75, 3.05) is 20.3 Å². The molecule has 0 unspecified atom stereocenters. The highest BCUT2D eigenvalue weighted by Gasteiger charge is 2.49. The van der Waals surface area contributed by atoms with E-state index in [1.54, 1.807) is 49.6 Å². The molecule has 2 aromatic rings. The molecule has 1 fully saturated rings. The number of imide groups is 1. The highest BCUT2D eigenvalue weighted by Crippen LogP contribution is 2.30. The average molecular weight is 390 g/mol. The Morgan fingerprint density at radius 1 is 1.26 bits per heavy atom. The summed E-state index contributed by atoms with van der Waals surface area (Å²) < 4.78 is 10.6. The quantitative estimate of drug-likeness (QED) is 0.674. The summed E-state index contributed by atoms with van der Waals surface area (Å²) in [5, 5.41) is 14.8. The third kappa shape index (κ3) is 4.13. The zero-order chi connectivity index (χ0) is 19.4. The number of β-amino-alcohol motifs (C(OH)–C–C–N with tert-alkyl or cyclic N) is 1. The second-order valence-electron chi connectivity index (χ2n) is 6.45. The molecule has 8 heteroatoms. The predicted molar refractivity (Wildman–Crippen MR) is 101 cm³/mol. The molecule has 1 aromatic carbocycles. The average Bonchev–Trinajstić information content (AvgIpc) is 3.25. The fourth-order valence-electron chi connectivity index (χ4n) is 2.94. The molecule has 7 nitrogen and oxygen atoms in total. The van der Waals surface area contributed by atoms with Crippen LogP contribution >= 0.6 is 11.3 Å². The summed E-state index contributed by atoms with van der Waals surface area (Å²) in [5.74, 6) is 0.254. The first-order chi connectivity index (χ1) is 12.9. The van der Waals surface area contributed by atoms with Crippen LogP contribution < -0.4 is 10.1 Å². The molecule has 1 aliphatic rings. The Hall–Kier alpha value is -2.42. The number of carbonyl (C=O) groups excluding carboxylic acids is 2. The molecule has 0 aliphatic carbocycles. The van der Waals surface area contributed by atoms with Gasteiger partial charge >= 0.3 is 6.03 Å². The minimum atomic E-state index is -1.18.